The van der Waals surface area contributed by atoms with E-state index in [4.69, 9.17) is 4.74 Å². The standard InChI is InChI=1S/C29H25BrN2O2/c1-2-34-27-24(23-16-10-9-11-20(23)17-26(27)30)19-31-32-28(33)25-18-29(25,21-12-5-3-6-13-21)22-14-7-4-8-15-22/h3-17,19,25H,2,18H2,1H3,(H,32,33). The molecule has 1 N–H and O–H groups in total. The van der Waals surface area contributed by atoms with Crippen LogP contribution >= 0.6 is 15.9 Å². The number of amides is 1. The molecule has 1 unspecified atom stereocenters. The van der Waals surface area contributed by atoms with Gasteiger partial charge in [0, 0.05) is 11.0 Å². The number of ether oxygens (including phenoxy) is 1. The fraction of sp³-hybridized carbons (Fsp3) is 0.172. The van der Waals surface area contributed by atoms with Crippen LogP contribution in [0.4, 0.5) is 0 Å². The molecule has 0 radical (unpaired) electrons. The van der Waals surface area contributed by atoms with Crippen LogP contribution in [0.2, 0.25) is 0 Å². The van der Waals surface area contributed by atoms with Crippen LogP contribution in [0.5, 0.6) is 5.75 Å². The van der Waals surface area contributed by atoms with Crippen molar-refractivity contribution in [3.05, 3.63) is 112 Å². The number of hydrazone groups is 1. The molecule has 0 bridgehead atoms. The van der Waals surface area contributed by atoms with Crippen molar-refractivity contribution in [2.75, 3.05) is 6.61 Å². The van der Waals surface area contributed by atoms with Gasteiger partial charge in [0.1, 0.15) is 5.75 Å². The molecule has 4 nitrogen and oxygen atoms in total. The van der Waals surface area contributed by atoms with E-state index in [0.717, 1.165) is 38.4 Å². The first-order valence-corrected chi connectivity index (χ1v) is 12.2. The number of halogens is 1. The van der Waals surface area contributed by atoms with Gasteiger partial charge in [-0.2, -0.15) is 5.10 Å². The number of rotatable bonds is 7. The molecule has 34 heavy (non-hydrogen) atoms. The minimum atomic E-state index is -0.318. The molecular weight excluding hydrogens is 488 g/mol. The molecule has 0 aromatic heterocycles. The van der Waals surface area contributed by atoms with Gasteiger partial charge in [-0.1, -0.05) is 84.9 Å². The number of fused-ring (bicyclic) bond motifs is 1. The molecule has 4 aromatic rings. The maximum Gasteiger partial charge on any atom is 0.244 e. The molecule has 1 saturated carbocycles. The second kappa shape index (κ2) is 9.43. The summed E-state index contributed by atoms with van der Waals surface area (Å²) in [5, 5.41) is 6.45. The van der Waals surface area contributed by atoms with Crippen LogP contribution in [0.25, 0.3) is 10.8 Å². The van der Waals surface area contributed by atoms with Gasteiger partial charge in [0.15, 0.2) is 0 Å². The summed E-state index contributed by atoms with van der Waals surface area (Å²) >= 11 is 3.62. The summed E-state index contributed by atoms with van der Waals surface area (Å²) in [5.74, 6) is 0.454. The van der Waals surface area contributed by atoms with E-state index in [-0.39, 0.29) is 17.2 Å². The maximum atomic E-state index is 13.2. The molecule has 1 aliphatic rings. The van der Waals surface area contributed by atoms with Crippen LogP contribution in [0.15, 0.2) is 101 Å². The van der Waals surface area contributed by atoms with Crippen molar-refractivity contribution < 1.29 is 9.53 Å². The van der Waals surface area contributed by atoms with Crippen LogP contribution in [-0.2, 0) is 10.2 Å². The third-order valence-corrected chi connectivity index (χ3v) is 7.10. The summed E-state index contributed by atoms with van der Waals surface area (Å²) in [6.07, 6.45) is 2.44. The number of hydrogen-bond acceptors (Lipinski definition) is 3. The van der Waals surface area contributed by atoms with Gasteiger partial charge in [0.2, 0.25) is 5.91 Å². The van der Waals surface area contributed by atoms with Gasteiger partial charge < -0.3 is 4.74 Å². The largest absolute Gasteiger partial charge is 0.492 e. The van der Waals surface area contributed by atoms with Gasteiger partial charge >= 0.3 is 0 Å². The number of benzene rings is 4. The van der Waals surface area contributed by atoms with Gasteiger partial charge in [0.05, 0.1) is 23.2 Å². The molecule has 0 aliphatic heterocycles. The first-order chi connectivity index (χ1) is 16.6. The quantitative estimate of drug-likeness (QED) is 0.228. The highest BCUT2D eigenvalue weighted by Gasteiger charge is 2.60. The Bertz CT molecular complexity index is 1310. The molecule has 5 rings (SSSR count). The Morgan fingerprint density at radius 3 is 2.29 bits per heavy atom. The zero-order chi connectivity index (χ0) is 23.5. The predicted octanol–water partition coefficient (Wildman–Crippen LogP) is 6.46. The Hall–Kier alpha value is -3.44. The summed E-state index contributed by atoms with van der Waals surface area (Å²) in [7, 11) is 0. The fourth-order valence-corrected chi connectivity index (χ4v) is 5.41. The second-order valence-electron chi connectivity index (χ2n) is 8.45. The van der Waals surface area contributed by atoms with Gasteiger partial charge in [-0.3, -0.25) is 4.79 Å². The number of hydrogen-bond donors (Lipinski definition) is 1. The molecule has 1 fully saturated rings. The van der Waals surface area contributed by atoms with Crippen LogP contribution < -0.4 is 10.2 Å². The minimum Gasteiger partial charge on any atom is -0.492 e. The summed E-state index contributed by atoms with van der Waals surface area (Å²) < 4.78 is 6.75. The van der Waals surface area contributed by atoms with Crippen molar-refractivity contribution in [2.24, 2.45) is 11.0 Å². The number of nitrogens with one attached hydrogen (secondary N) is 1. The van der Waals surface area contributed by atoms with Crippen molar-refractivity contribution >= 4 is 38.8 Å². The average molecular weight is 513 g/mol. The highest BCUT2D eigenvalue weighted by Crippen LogP contribution is 2.58. The molecule has 4 aromatic carbocycles. The highest BCUT2D eigenvalue weighted by atomic mass is 79.9. The lowest BCUT2D eigenvalue weighted by molar-refractivity contribution is -0.122. The van der Waals surface area contributed by atoms with Crippen molar-refractivity contribution in [3.8, 4) is 5.75 Å². The highest BCUT2D eigenvalue weighted by molar-refractivity contribution is 9.10. The molecule has 0 spiro atoms. The number of carbonyl (C=O) groups excluding carboxylic acids is 1. The lowest BCUT2D eigenvalue weighted by Crippen LogP contribution is -2.25. The predicted molar refractivity (Wildman–Crippen MR) is 140 cm³/mol. The Balaban J connectivity index is 1.43. The molecule has 5 heteroatoms. The molecule has 0 heterocycles. The first kappa shape index (κ1) is 22.4. The van der Waals surface area contributed by atoms with Gasteiger partial charge in [-0.25, -0.2) is 5.43 Å². The summed E-state index contributed by atoms with van der Waals surface area (Å²) in [6.45, 7) is 2.48. The smallest absolute Gasteiger partial charge is 0.244 e. The maximum absolute atomic E-state index is 13.2. The van der Waals surface area contributed by atoms with E-state index in [0.29, 0.717) is 12.4 Å². The molecule has 1 atom stereocenters. The van der Waals surface area contributed by atoms with E-state index >= 15 is 0 Å². The van der Waals surface area contributed by atoms with E-state index in [9.17, 15) is 4.79 Å². The van der Waals surface area contributed by atoms with Crippen molar-refractivity contribution in [1.82, 2.24) is 5.43 Å². The van der Waals surface area contributed by atoms with Crippen LogP contribution in [0, 0.1) is 5.92 Å². The SMILES string of the molecule is CCOc1c(Br)cc2ccccc2c1C=NNC(=O)C1CC1(c1ccccc1)c1ccccc1. The van der Waals surface area contributed by atoms with Crippen molar-refractivity contribution in [1.29, 1.82) is 0 Å². The third-order valence-electron chi connectivity index (χ3n) is 6.51. The molecule has 170 valence electrons. The minimum absolute atomic E-state index is 0.0822. The Morgan fingerprint density at radius 2 is 1.65 bits per heavy atom. The normalized spacial score (nSPS) is 16.5. The number of carbonyl (C=O) groups is 1. The van der Waals surface area contributed by atoms with E-state index in [1.54, 1.807) is 6.21 Å². The zero-order valence-corrected chi connectivity index (χ0v) is 20.5. The van der Waals surface area contributed by atoms with E-state index in [1.807, 2.05) is 73.7 Å². The topological polar surface area (TPSA) is 50.7 Å². The fourth-order valence-electron chi connectivity index (χ4n) is 4.83. The molecule has 1 amide bonds. The first-order valence-electron chi connectivity index (χ1n) is 11.4. The summed E-state index contributed by atoms with van der Waals surface area (Å²) in [4.78, 5) is 13.2. The monoisotopic (exact) mass is 512 g/mol. The van der Waals surface area contributed by atoms with Crippen molar-refractivity contribution in [3.63, 3.8) is 0 Å². The summed E-state index contributed by atoms with van der Waals surface area (Å²) in [6, 6.07) is 30.6. The van der Waals surface area contributed by atoms with Gasteiger partial charge in [0.25, 0.3) is 0 Å². The van der Waals surface area contributed by atoms with Gasteiger partial charge in [-0.15, -0.1) is 0 Å². The Kier molecular flexibility index (Phi) is 6.20. The van der Waals surface area contributed by atoms with E-state index < -0.39 is 0 Å². The zero-order valence-electron chi connectivity index (χ0n) is 18.9. The summed E-state index contributed by atoms with van der Waals surface area (Å²) in [5.41, 5.74) is 5.62. The molecule has 1 aliphatic carbocycles. The Morgan fingerprint density at radius 1 is 1.03 bits per heavy atom. The lowest BCUT2D eigenvalue weighted by Gasteiger charge is -2.18. The third kappa shape index (κ3) is 4.01. The lowest BCUT2D eigenvalue weighted by atomic mass is 9.85. The molecular formula is C29H25BrN2O2. The number of nitrogens with zero attached hydrogens (tertiary/aromatic N) is 1. The Labute approximate surface area is 207 Å². The van der Waals surface area contributed by atoms with Gasteiger partial charge in [-0.05, 0) is 57.2 Å². The van der Waals surface area contributed by atoms with E-state index in [2.05, 4.69) is 50.7 Å². The molecule has 0 saturated heterocycles. The second-order valence-corrected chi connectivity index (χ2v) is 9.30. The van der Waals surface area contributed by atoms with Crippen LogP contribution in [0.1, 0.15) is 30.0 Å². The van der Waals surface area contributed by atoms with Crippen LogP contribution in [-0.4, -0.2) is 18.7 Å². The van der Waals surface area contributed by atoms with E-state index in [1.165, 1.54) is 0 Å². The van der Waals surface area contributed by atoms with Crippen LogP contribution in [0.3, 0.4) is 0 Å². The van der Waals surface area contributed by atoms with Crippen molar-refractivity contribution in [2.45, 2.75) is 18.8 Å². The average Bonchev–Trinajstić information content (AvgIpc) is 3.64.